The van der Waals surface area contributed by atoms with Gasteiger partial charge in [0.05, 0.1) is 13.2 Å². The van der Waals surface area contributed by atoms with E-state index in [2.05, 4.69) is 6.58 Å². The lowest BCUT2D eigenvalue weighted by atomic mass is 10.1. The van der Waals surface area contributed by atoms with Crippen molar-refractivity contribution in [3.63, 3.8) is 0 Å². The summed E-state index contributed by atoms with van der Waals surface area (Å²) in [5.41, 5.74) is 4.24. The van der Waals surface area contributed by atoms with Crippen LogP contribution in [0.15, 0.2) is 67.3 Å². The number of fused-ring (bicyclic) bond motifs is 1. The second-order valence-electron chi connectivity index (χ2n) is 8.01. The average molecular weight is 449 g/mol. The summed E-state index contributed by atoms with van der Waals surface area (Å²) in [7, 11) is 0. The summed E-state index contributed by atoms with van der Waals surface area (Å²) in [6.07, 6.45) is 7.23. The number of rotatable bonds is 9. The Morgan fingerprint density at radius 1 is 0.939 bits per heavy atom. The van der Waals surface area contributed by atoms with Gasteiger partial charge in [0.2, 0.25) is 0 Å². The van der Waals surface area contributed by atoms with Gasteiger partial charge in [0.1, 0.15) is 24.9 Å². The molecular formula is C27H28O6. The Labute approximate surface area is 194 Å². The molecule has 0 spiro atoms. The number of hydrogen-bond acceptors (Lipinski definition) is 6. The van der Waals surface area contributed by atoms with Crippen LogP contribution in [0.2, 0.25) is 0 Å². The SMILES string of the molecule is C=Cc1ccc(/C=C/COOC2COC3C(OC(=O)/C=C\c4ccc(C)cc4)COC23)cc1. The van der Waals surface area contributed by atoms with E-state index in [1.54, 1.807) is 12.2 Å². The van der Waals surface area contributed by atoms with Gasteiger partial charge in [0, 0.05) is 6.08 Å². The predicted molar refractivity (Wildman–Crippen MR) is 126 cm³/mol. The molecule has 0 radical (unpaired) electrons. The normalized spacial score (nSPS) is 24.4. The minimum Gasteiger partial charge on any atom is -0.454 e. The largest absolute Gasteiger partial charge is 0.454 e. The Bertz CT molecular complexity index is 992. The van der Waals surface area contributed by atoms with E-state index < -0.39 is 12.1 Å². The summed E-state index contributed by atoms with van der Waals surface area (Å²) in [5, 5.41) is 0. The van der Waals surface area contributed by atoms with E-state index in [0.29, 0.717) is 13.2 Å². The molecule has 0 aliphatic carbocycles. The molecule has 4 atom stereocenters. The molecule has 2 heterocycles. The molecule has 2 aliphatic rings. The van der Waals surface area contributed by atoms with Gasteiger partial charge >= 0.3 is 5.97 Å². The number of benzene rings is 2. The van der Waals surface area contributed by atoms with Crippen LogP contribution in [0.4, 0.5) is 0 Å². The first-order chi connectivity index (χ1) is 16.1. The first kappa shape index (κ1) is 23.1. The van der Waals surface area contributed by atoms with Gasteiger partial charge in [-0.3, -0.25) is 0 Å². The van der Waals surface area contributed by atoms with Gasteiger partial charge in [-0.2, -0.15) is 0 Å². The van der Waals surface area contributed by atoms with Gasteiger partial charge < -0.3 is 14.2 Å². The molecule has 172 valence electrons. The van der Waals surface area contributed by atoms with Crippen LogP contribution < -0.4 is 0 Å². The van der Waals surface area contributed by atoms with E-state index in [1.807, 2.05) is 67.6 Å². The summed E-state index contributed by atoms with van der Waals surface area (Å²) in [4.78, 5) is 23.0. The molecule has 2 aromatic rings. The minimum atomic E-state index is -0.475. The van der Waals surface area contributed by atoms with Crippen LogP contribution in [-0.2, 0) is 28.8 Å². The topological polar surface area (TPSA) is 63.2 Å². The Morgan fingerprint density at radius 2 is 1.55 bits per heavy atom. The van der Waals surface area contributed by atoms with Crippen molar-refractivity contribution in [2.45, 2.75) is 31.3 Å². The first-order valence-electron chi connectivity index (χ1n) is 11.0. The van der Waals surface area contributed by atoms with E-state index in [4.69, 9.17) is 24.0 Å². The number of hydrogen-bond donors (Lipinski definition) is 0. The molecule has 2 aromatic carbocycles. The van der Waals surface area contributed by atoms with E-state index in [0.717, 1.165) is 22.3 Å². The van der Waals surface area contributed by atoms with Gasteiger partial charge in [-0.25, -0.2) is 14.6 Å². The van der Waals surface area contributed by atoms with Crippen molar-refractivity contribution in [3.8, 4) is 0 Å². The summed E-state index contributed by atoms with van der Waals surface area (Å²) >= 11 is 0. The molecule has 2 saturated heterocycles. The van der Waals surface area contributed by atoms with Crippen LogP contribution >= 0.6 is 0 Å². The van der Waals surface area contributed by atoms with Gasteiger partial charge in [0.15, 0.2) is 6.10 Å². The van der Waals surface area contributed by atoms with Crippen LogP contribution in [0.25, 0.3) is 18.2 Å². The fourth-order valence-corrected chi connectivity index (χ4v) is 3.74. The number of aryl methyl sites for hydroxylation is 1. The van der Waals surface area contributed by atoms with Crippen molar-refractivity contribution in [3.05, 3.63) is 89.5 Å². The van der Waals surface area contributed by atoms with Crippen LogP contribution in [0.5, 0.6) is 0 Å². The standard InChI is InChI=1S/C27H28O6/c1-3-20-10-12-21(13-11-20)5-4-16-31-33-24-18-30-26-23(17-29-27(24)26)32-25(28)15-14-22-8-6-19(2)7-9-22/h3-15,23-24,26-27H,1,16-18H2,2H3/b5-4+,15-14-. The molecule has 0 aromatic heterocycles. The summed E-state index contributed by atoms with van der Waals surface area (Å²) in [6.45, 7) is 6.63. The van der Waals surface area contributed by atoms with Crippen LogP contribution in [0, 0.1) is 6.92 Å². The van der Waals surface area contributed by atoms with Gasteiger partial charge in [-0.1, -0.05) is 78.9 Å². The Kier molecular flexibility index (Phi) is 7.86. The summed E-state index contributed by atoms with van der Waals surface area (Å²) in [6, 6.07) is 15.9. The molecule has 33 heavy (non-hydrogen) atoms. The molecular weight excluding hydrogens is 420 g/mol. The van der Waals surface area contributed by atoms with E-state index in [-0.39, 0.29) is 24.9 Å². The summed E-state index contributed by atoms with van der Waals surface area (Å²) in [5.74, 6) is -0.430. The zero-order valence-corrected chi connectivity index (χ0v) is 18.6. The fourth-order valence-electron chi connectivity index (χ4n) is 3.74. The highest BCUT2D eigenvalue weighted by Crippen LogP contribution is 2.30. The van der Waals surface area contributed by atoms with Crippen LogP contribution in [0.1, 0.15) is 22.3 Å². The highest BCUT2D eigenvalue weighted by Gasteiger charge is 2.50. The smallest absolute Gasteiger partial charge is 0.331 e. The van der Waals surface area contributed by atoms with Crippen LogP contribution in [0.3, 0.4) is 0 Å². The van der Waals surface area contributed by atoms with Crippen molar-refractivity contribution in [1.29, 1.82) is 0 Å². The highest BCUT2D eigenvalue weighted by atomic mass is 17.2. The maximum atomic E-state index is 12.2. The van der Waals surface area contributed by atoms with E-state index >= 15 is 0 Å². The van der Waals surface area contributed by atoms with E-state index in [9.17, 15) is 4.79 Å². The number of carbonyl (C=O) groups excluding carboxylic acids is 1. The second-order valence-corrected chi connectivity index (χ2v) is 8.01. The third-order valence-corrected chi connectivity index (χ3v) is 5.56. The Morgan fingerprint density at radius 3 is 2.27 bits per heavy atom. The van der Waals surface area contributed by atoms with Crippen molar-refractivity contribution < 1.29 is 28.8 Å². The zero-order valence-electron chi connectivity index (χ0n) is 18.6. The molecule has 2 aliphatic heterocycles. The van der Waals surface area contributed by atoms with E-state index in [1.165, 1.54) is 6.08 Å². The lowest BCUT2D eigenvalue weighted by Gasteiger charge is -2.16. The van der Waals surface area contributed by atoms with Gasteiger partial charge in [0.25, 0.3) is 0 Å². The molecule has 6 nitrogen and oxygen atoms in total. The van der Waals surface area contributed by atoms with Gasteiger partial charge in [-0.05, 0) is 29.7 Å². The predicted octanol–water partition coefficient (Wildman–Crippen LogP) is 4.39. The van der Waals surface area contributed by atoms with Crippen molar-refractivity contribution in [1.82, 2.24) is 0 Å². The number of esters is 1. The second kappa shape index (κ2) is 11.2. The molecule has 6 heteroatoms. The van der Waals surface area contributed by atoms with Gasteiger partial charge in [-0.15, -0.1) is 0 Å². The Balaban J connectivity index is 1.19. The highest BCUT2D eigenvalue weighted by molar-refractivity contribution is 5.87. The third-order valence-electron chi connectivity index (χ3n) is 5.56. The monoisotopic (exact) mass is 448 g/mol. The lowest BCUT2D eigenvalue weighted by molar-refractivity contribution is -0.326. The molecule has 0 N–H and O–H groups in total. The Hall–Kier alpha value is -3.03. The molecule has 0 bridgehead atoms. The molecule has 0 saturated carbocycles. The van der Waals surface area contributed by atoms with Crippen molar-refractivity contribution >= 4 is 24.2 Å². The zero-order chi connectivity index (χ0) is 23.0. The molecule has 0 amide bonds. The summed E-state index contributed by atoms with van der Waals surface area (Å²) < 4.78 is 17.1. The quantitative estimate of drug-likeness (QED) is 0.186. The first-order valence-corrected chi connectivity index (χ1v) is 11.0. The number of ether oxygens (including phenoxy) is 3. The fraction of sp³-hybridized carbons (Fsp3) is 0.296. The third kappa shape index (κ3) is 6.27. The number of carbonyl (C=O) groups is 1. The lowest BCUT2D eigenvalue weighted by Crippen LogP contribution is -2.34. The van der Waals surface area contributed by atoms with Crippen molar-refractivity contribution in [2.24, 2.45) is 0 Å². The minimum absolute atomic E-state index is 0.264. The molecule has 4 unspecified atom stereocenters. The molecule has 4 rings (SSSR count). The maximum Gasteiger partial charge on any atom is 0.331 e. The van der Waals surface area contributed by atoms with Crippen LogP contribution in [-0.4, -0.2) is 50.2 Å². The van der Waals surface area contributed by atoms with Crippen molar-refractivity contribution in [2.75, 3.05) is 19.8 Å². The maximum absolute atomic E-state index is 12.2. The molecule has 2 fully saturated rings. The average Bonchev–Trinajstić information content (AvgIpc) is 3.42.